The Hall–Kier alpha value is -5.29. The first kappa shape index (κ1) is 32.3. The van der Waals surface area contributed by atoms with Crippen molar-refractivity contribution in [3.05, 3.63) is 163 Å². The Morgan fingerprint density at radius 2 is 1.27 bits per heavy atom. The van der Waals surface area contributed by atoms with Gasteiger partial charge in [-0.3, -0.25) is 0 Å². The molecule has 4 nitrogen and oxygen atoms in total. The van der Waals surface area contributed by atoms with Gasteiger partial charge in [-0.2, -0.15) is 0 Å². The van der Waals surface area contributed by atoms with Crippen LogP contribution in [0.4, 0.5) is 0 Å². The van der Waals surface area contributed by atoms with Gasteiger partial charge in [-0.15, -0.1) is 48.0 Å². The Labute approximate surface area is 301 Å². The van der Waals surface area contributed by atoms with Crippen LogP contribution >= 0.6 is 0 Å². The number of para-hydroxylation sites is 2. The maximum absolute atomic E-state index is 6.53. The molecule has 9 rings (SSSR count). The fraction of sp³-hybridized carbons (Fsp3) is 0.0698. The first-order valence-corrected chi connectivity index (χ1v) is 16.1. The quantitative estimate of drug-likeness (QED) is 0.133. The summed E-state index contributed by atoms with van der Waals surface area (Å²) in [6, 6.07) is 47.5. The van der Waals surface area contributed by atoms with Gasteiger partial charge in [0, 0.05) is 44.0 Å². The molecule has 1 radical (unpaired) electrons. The van der Waals surface area contributed by atoms with Crippen molar-refractivity contribution in [3.8, 4) is 56.6 Å². The third-order valence-corrected chi connectivity index (χ3v) is 8.95. The minimum Gasteiger partial charge on any atom is -0.503 e. The zero-order valence-corrected chi connectivity index (χ0v) is 29.7. The van der Waals surface area contributed by atoms with Crippen LogP contribution < -0.4 is 25.9 Å². The summed E-state index contributed by atoms with van der Waals surface area (Å²) < 4.78 is 12.8. The second-order valence-electron chi connectivity index (χ2n) is 12.2. The van der Waals surface area contributed by atoms with E-state index < -0.39 is 0 Å². The zero-order chi connectivity index (χ0) is 32.6. The summed E-state index contributed by atoms with van der Waals surface area (Å²) in [7, 11) is 0. The van der Waals surface area contributed by atoms with E-state index in [2.05, 4.69) is 91.6 Å². The van der Waals surface area contributed by atoms with Crippen LogP contribution in [0.3, 0.4) is 0 Å². The molecule has 0 amide bonds. The molecule has 6 heteroatoms. The van der Waals surface area contributed by atoms with Crippen LogP contribution in [0, 0.1) is 32.9 Å². The SMILES string of the molecule is Cc1ccc(-c2[c-]cccc2)nc1.Cc1cccc(C)c1-c1ccc(-c2[c-]cc3c4c2Oc2ccccc2B4c2ccccc2O3)nc1.[Ir]. The van der Waals surface area contributed by atoms with E-state index in [1.54, 1.807) is 0 Å². The van der Waals surface area contributed by atoms with Crippen LogP contribution in [-0.4, -0.2) is 16.7 Å². The summed E-state index contributed by atoms with van der Waals surface area (Å²) in [5.74, 6) is 3.30. The van der Waals surface area contributed by atoms with Crippen molar-refractivity contribution < 1.29 is 29.6 Å². The number of hydrogen-bond acceptors (Lipinski definition) is 4. The molecule has 4 heterocycles. The fourth-order valence-electron chi connectivity index (χ4n) is 6.65. The van der Waals surface area contributed by atoms with Crippen molar-refractivity contribution in [3.63, 3.8) is 0 Å². The standard InChI is InChI=1S/C31H21BNO2.C12H10N.Ir/c1-19-8-7-9-20(2)29(19)21-14-16-25(33-18-21)22-15-17-28-30-31(22)35-27-13-6-4-11-24(27)32(30)23-10-3-5-12-26(23)34-28;1-10-7-8-12(13-9-10)11-5-3-2-4-6-11;/h3-14,16-18H,1-2H3;2-5,7-9H,1H3;/q2*-1;. The second-order valence-corrected chi connectivity index (χ2v) is 12.2. The Bertz CT molecular complexity index is 2240. The van der Waals surface area contributed by atoms with Gasteiger partial charge in [0.25, 0.3) is 0 Å². The number of benzene rings is 5. The van der Waals surface area contributed by atoms with E-state index >= 15 is 0 Å². The molecular weight excluding hydrogens is 780 g/mol. The normalized spacial score (nSPS) is 11.7. The summed E-state index contributed by atoms with van der Waals surface area (Å²) in [6.07, 6.45) is 3.82. The minimum absolute atomic E-state index is 0. The average molecular weight is 811 g/mol. The Morgan fingerprint density at radius 1 is 0.592 bits per heavy atom. The number of nitrogens with zero attached hydrogens (tertiary/aromatic N) is 2. The third kappa shape index (κ3) is 6.10. The maximum Gasteiger partial charge on any atom is 0.239 e. The summed E-state index contributed by atoms with van der Waals surface area (Å²) in [4.78, 5) is 9.18. The van der Waals surface area contributed by atoms with E-state index in [0.29, 0.717) is 0 Å². The number of aromatic nitrogens is 2. The molecular formula is C43H31BIrN2O2-2. The summed E-state index contributed by atoms with van der Waals surface area (Å²) in [5, 5.41) is 0. The molecule has 0 N–H and O–H groups in total. The Morgan fingerprint density at radius 3 is 1.92 bits per heavy atom. The van der Waals surface area contributed by atoms with E-state index in [1.807, 2.05) is 80.0 Å². The molecule has 239 valence electrons. The molecule has 0 spiro atoms. The first-order valence-electron chi connectivity index (χ1n) is 16.1. The predicted octanol–water partition coefficient (Wildman–Crippen LogP) is 8.41. The average Bonchev–Trinajstić information content (AvgIpc) is 3.13. The molecule has 7 aromatic rings. The van der Waals surface area contributed by atoms with Gasteiger partial charge in [0.15, 0.2) is 0 Å². The monoisotopic (exact) mass is 811 g/mol. The smallest absolute Gasteiger partial charge is 0.239 e. The van der Waals surface area contributed by atoms with E-state index in [-0.39, 0.29) is 26.8 Å². The van der Waals surface area contributed by atoms with Crippen LogP contribution in [0.15, 0.2) is 134 Å². The summed E-state index contributed by atoms with van der Waals surface area (Å²) >= 11 is 0. The van der Waals surface area contributed by atoms with Crippen LogP contribution in [0.2, 0.25) is 0 Å². The zero-order valence-electron chi connectivity index (χ0n) is 27.3. The van der Waals surface area contributed by atoms with E-state index in [9.17, 15) is 0 Å². The van der Waals surface area contributed by atoms with Crippen molar-refractivity contribution in [2.75, 3.05) is 0 Å². The third-order valence-electron chi connectivity index (χ3n) is 8.95. The Kier molecular flexibility index (Phi) is 9.01. The fourth-order valence-corrected chi connectivity index (χ4v) is 6.65. The summed E-state index contributed by atoms with van der Waals surface area (Å²) in [5.41, 5.74) is 13.0. The van der Waals surface area contributed by atoms with Crippen molar-refractivity contribution >= 4 is 23.1 Å². The number of aryl methyl sites for hydroxylation is 3. The summed E-state index contributed by atoms with van der Waals surface area (Å²) in [6.45, 7) is 6.35. The van der Waals surface area contributed by atoms with E-state index in [4.69, 9.17) is 14.5 Å². The number of hydrogen-bond donors (Lipinski definition) is 0. The van der Waals surface area contributed by atoms with Gasteiger partial charge >= 0.3 is 0 Å². The van der Waals surface area contributed by atoms with Gasteiger partial charge < -0.3 is 19.4 Å². The second kappa shape index (κ2) is 13.7. The minimum atomic E-state index is 0. The van der Waals surface area contributed by atoms with Crippen molar-refractivity contribution in [2.24, 2.45) is 0 Å². The molecule has 0 atom stereocenters. The van der Waals surface area contributed by atoms with Gasteiger partial charge in [-0.05, 0) is 83.0 Å². The van der Waals surface area contributed by atoms with Crippen molar-refractivity contribution in [1.29, 1.82) is 0 Å². The van der Waals surface area contributed by atoms with Crippen molar-refractivity contribution in [1.82, 2.24) is 9.97 Å². The Balaban J connectivity index is 0.000000228. The molecule has 2 aliphatic heterocycles. The number of fused-ring (bicyclic) bond motifs is 4. The van der Waals surface area contributed by atoms with Gasteiger partial charge in [-0.1, -0.05) is 89.9 Å². The predicted molar refractivity (Wildman–Crippen MR) is 194 cm³/mol. The van der Waals surface area contributed by atoms with E-state index in [0.717, 1.165) is 67.5 Å². The van der Waals surface area contributed by atoms with E-state index in [1.165, 1.54) is 22.3 Å². The van der Waals surface area contributed by atoms with Crippen molar-refractivity contribution in [2.45, 2.75) is 20.8 Å². The molecule has 0 unspecified atom stereocenters. The van der Waals surface area contributed by atoms with Gasteiger partial charge in [0.2, 0.25) is 6.71 Å². The first-order chi connectivity index (χ1) is 23.5. The number of rotatable bonds is 3. The molecule has 0 saturated heterocycles. The van der Waals surface area contributed by atoms with Crippen LogP contribution in [-0.2, 0) is 20.1 Å². The number of pyridine rings is 2. The van der Waals surface area contributed by atoms with Crippen LogP contribution in [0.5, 0.6) is 23.0 Å². The largest absolute Gasteiger partial charge is 0.503 e. The molecule has 0 saturated carbocycles. The molecule has 0 bridgehead atoms. The maximum atomic E-state index is 6.53. The molecule has 2 aromatic heterocycles. The molecule has 0 aliphatic carbocycles. The van der Waals surface area contributed by atoms with Crippen LogP contribution in [0.25, 0.3) is 33.6 Å². The topological polar surface area (TPSA) is 44.2 Å². The van der Waals surface area contributed by atoms with Gasteiger partial charge in [-0.25, -0.2) is 0 Å². The molecule has 5 aromatic carbocycles. The molecule has 49 heavy (non-hydrogen) atoms. The van der Waals surface area contributed by atoms with Gasteiger partial charge in [0.1, 0.15) is 11.5 Å². The van der Waals surface area contributed by atoms with Gasteiger partial charge in [0.05, 0.1) is 0 Å². The van der Waals surface area contributed by atoms with Crippen LogP contribution in [0.1, 0.15) is 16.7 Å². The molecule has 2 aliphatic rings. The number of ether oxygens (including phenoxy) is 2. The molecule has 0 fully saturated rings.